The SMILES string of the molecule is N[C-]=[W].[W]=[W].[W]=[W]. The van der Waals surface area contributed by atoms with Crippen molar-refractivity contribution in [1.29, 1.82) is 0 Å². The number of hydrogen-bond acceptors (Lipinski definition) is 1. The Labute approximate surface area is 92.4 Å². The fraction of sp³-hybridized carbons (Fsp3) is 0. The minimum absolute atomic E-state index is 1.20. The predicted octanol–water partition coefficient (Wildman–Crippen LogP) is -0.881. The third-order valence-corrected chi connectivity index (χ3v) is 0. The third kappa shape index (κ3) is 45.8. The van der Waals surface area contributed by atoms with Crippen LogP contribution in [0.1, 0.15) is 0 Å². The van der Waals surface area contributed by atoms with E-state index in [-0.39, 0.29) is 0 Å². The molecule has 0 aliphatic rings. The summed E-state index contributed by atoms with van der Waals surface area (Å²) in [6.45, 7) is 0. The second-order valence-electron chi connectivity index (χ2n) is 0.118. The van der Waals surface area contributed by atoms with E-state index in [1.165, 1.54) is 19.4 Å². The summed E-state index contributed by atoms with van der Waals surface area (Å²) >= 11 is 7.87. The van der Waals surface area contributed by atoms with E-state index in [0.717, 1.165) is 0 Å². The van der Waals surface area contributed by atoms with Crippen LogP contribution < -0.4 is 5.73 Å². The zero-order chi connectivity index (χ0) is 6.71. The summed E-state index contributed by atoms with van der Waals surface area (Å²) in [5.41, 5.74) is 4.63. The van der Waals surface area contributed by atoms with Gasteiger partial charge in [0.1, 0.15) is 0 Å². The van der Waals surface area contributed by atoms with Crippen molar-refractivity contribution >= 4 is 4.52 Å². The van der Waals surface area contributed by atoms with Crippen LogP contribution in [0.25, 0.3) is 0 Å². The van der Waals surface area contributed by atoms with Gasteiger partial charge in [-0.2, -0.15) is 0 Å². The molecule has 0 radical (unpaired) electrons. The van der Waals surface area contributed by atoms with Gasteiger partial charge in [-0.05, 0) is 0 Å². The zero-order valence-electron chi connectivity index (χ0n) is 3.12. The molecule has 0 aromatic heterocycles. The molecule has 0 heterocycles. The summed E-state index contributed by atoms with van der Waals surface area (Å²) in [4.78, 5) is 0. The van der Waals surface area contributed by atoms with Crippen LogP contribution in [0.15, 0.2) is 0 Å². The van der Waals surface area contributed by atoms with Crippen LogP contribution in [-0.2, 0) is 84.2 Å². The molecule has 2 N–H and O–H groups in total. The molecule has 1 nitrogen and oxygen atoms in total. The topological polar surface area (TPSA) is 26.0 Å². The van der Waals surface area contributed by atoms with Crippen molar-refractivity contribution in [3.05, 3.63) is 0 Å². The predicted molar refractivity (Wildman–Crippen MR) is 9.19 cm³/mol. The molecule has 6 heteroatoms. The Bertz CT molecular complexity index is 27.3. The molecular weight excluding hydrogens is 945 g/mol. The van der Waals surface area contributed by atoms with Crippen LogP contribution in [0.4, 0.5) is 0 Å². The summed E-state index contributed by atoms with van der Waals surface area (Å²) in [6, 6.07) is 0. The second-order valence-corrected chi connectivity index (χ2v) is 0.965. The fourth-order valence-corrected chi connectivity index (χ4v) is 0. The van der Waals surface area contributed by atoms with Gasteiger partial charge in [0.2, 0.25) is 0 Å². The molecule has 0 aromatic carbocycles. The Morgan fingerprint density at radius 3 is 1.00 bits per heavy atom. The van der Waals surface area contributed by atoms with Gasteiger partial charge in [0.05, 0.1) is 0 Å². The number of rotatable bonds is 0. The molecule has 0 aliphatic heterocycles. The second kappa shape index (κ2) is 34.8. The van der Waals surface area contributed by atoms with E-state index < -0.39 is 0 Å². The first kappa shape index (κ1) is 16.7. The van der Waals surface area contributed by atoms with Crippen LogP contribution in [-0.4, -0.2) is 4.52 Å². The molecule has 0 aromatic rings. The summed E-state index contributed by atoms with van der Waals surface area (Å²) in [6.07, 6.45) is 0. The minimum atomic E-state index is 1.20. The van der Waals surface area contributed by atoms with Crippen molar-refractivity contribution in [3.63, 3.8) is 0 Å². The fourth-order valence-electron chi connectivity index (χ4n) is 0. The van der Waals surface area contributed by atoms with Crippen molar-refractivity contribution in [2.45, 2.75) is 0 Å². The van der Waals surface area contributed by atoms with E-state index in [1.807, 2.05) is 0 Å². The monoisotopic (exact) mass is 948 g/mol. The molecule has 0 amide bonds. The molecule has 0 atom stereocenters. The molecule has 0 spiro atoms. The summed E-state index contributed by atoms with van der Waals surface area (Å²) in [5.74, 6) is 0. The Hall–Kier alpha value is 3.27. The van der Waals surface area contributed by atoms with Crippen molar-refractivity contribution in [3.8, 4) is 0 Å². The van der Waals surface area contributed by atoms with Crippen molar-refractivity contribution in [2.75, 3.05) is 0 Å². The summed E-state index contributed by atoms with van der Waals surface area (Å²) in [5, 5.41) is 0. The van der Waals surface area contributed by atoms with E-state index in [1.54, 1.807) is 64.9 Å². The van der Waals surface area contributed by atoms with Gasteiger partial charge in [-0.3, -0.25) is 0 Å². The average molecular weight is 947 g/mol. The summed E-state index contributed by atoms with van der Waals surface area (Å²) < 4.78 is 2.33. The van der Waals surface area contributed by atoms with Gasteiger partial charge in [-0.1, -0.05) is 0 Å². The molecule has 0 saturated heterocycles. The first-order valence-corrected chi connectivity index (χ1v) is 24.3. The van der Waals surface area contributed by atoms with Crippen LogP contribution in [0.3, 0.4) is 0 Å². The van der Waals surface area contributed by atoms with Gasteiger partial charge in [0.15, 0.2) is 0 Å². The van der Waals surface area contributed by atoms with Crippen molar-refractivity contribution in [2.24, 2.45) is 5.73 Å². The van der Waals surface area contributed by atoms with Crippen LogP contribution in [0.5, 0.6) is 0 Å². The first-order chi connectivity index (χ1) is 3.41. The molecule has 0 fully saturated rings. The molecule has 0 unspecified atom stereocenters. The molecule has 0 bridgehead atoms. The van der Waals surface area contributed by atoms with Gasteiger partial charge in [0, 0.05) is 0 Å². The van der Waals surface area contributed by atoms with Crippen molar-refractivity contribution in [1.82, 2.24) is 0 Å². The van der Waals surface area contributed by atoms with Gasteiger partial charge < -0.3 is 0 Å². The molecule has 0 saturated carbocycles. The van der Waals surface area contributed by atoms with E-state index in [9.17, 15) is 0 Å². The van der Waals surface area contributed by atoms with Gasteiger partial charge in [-0.15, -0.1) is 0 Å². The molecule has 7 heavy (non-hydrogen) atoms. The molecule has 42 valence electrons. The van der Waals surface area contributed by atoms with Gasteiger partial charge in [-0.25, -0.2) is 0 Å². The van der Waals surface area contributed by atoms with Gasteiger partial charge >= 0.3 is 94.5 Å². The zero-order valence-corrected chi connectivity index (χ0v) is 17.8. The Morgan fingerprint density at radius 2 is 1.00 bits per heavy atom. The molecule has 0 aliphatic carbocycles. The average Bonchev–Trinajstić information content (AvgIpc) is 1.78. The number of nitrogens with two attached hydrogens (primary N) is 1. The first-order valence-electron chi connectivity index (χ1n) is 0.826. The standard InChI is InChI=1S/CH2N.5W/c1-2;;;;;/h2H2;;;;;/q-1;;;;;. The Balaban J connectivity index is -0.0000000360. The van der Waals surface area contributed by atoms with Crippen LogP contribution >= 0.6 is 0 Å². The third-order valence-electron chi connectivity index (χ3n) is 0. The van der Waals surface area contributed by atoms with E-state index in [0.29, 0.717) is 0 Å². The van der Waals surface area contributed by atoms with Crippen molar-refractivity contribution < 1.29 is 84.2 Å². The quantitative estimate of drug-likeness (QED) is 0.248. The van der Waals surface area contributed by atoms with E-state index in [4.69, 9.17) is 0 Å². The molecular formula is CH2NW5-. The maximum absolute atomic E-state index is 4.63. The Morgan fingerprint density at radius 1 is 1.00 bits per heavy atom. The maximum atomic E-state index is 4.63. The molecule has 0 rings (SSSR count). The van der Waals surface area contributed by atoms with Crippen LogP contribution in [0.2, 0.25) is 0 Å². The number of hydrogen-bond donors (Lipinski definition) is 1. The Kier molecular flexibility index (Phi) is 82.9. The van der Waals surface area contributed by atoms with E-state index >= 15 is 0 Å². The van der Waals surface area contributed by atoms with Crippen LogP contribution in [0, 0.1) is 0 Å². The van der Waals surface area contributed by atoms with E-state index in [2.05, 4.69) is 10.3 Å². The normalized spacial score (nSPS) is 3.00. The summed E-state index contributed by atoms with van der Waals surface area (Å²) in [7, 11) is 0. The van der Waals surface area contributed by atoms with Gasteiger partial charge in [0.25, 0.3) is 0 Å².